The quantitative estimate of drug-likeness (QED) is 0.892. The fourth-order valence-electron chi connectivity index (χ4n) is 2.89. The number of rotatable bonds is 3. The predicted molar refractivity (Wildman–Crippen MR) is 83.0 cm³/mol. The number of benzene rings is 1. The Labute approximate surface area is 128 Å². The van der Waals surface area contributed by atoms with Gasteiger partial charge in [-0.3, -0.25) is 4.79 Å². The third-order valence-corrected chi connectivity index (χ3v) is 4.21. The minimum atomic E-state index is -1.03. The molecule has 22 heavy (non-hydrogen) atoms. The van der Waals surface area contributed by atoms with Crippen molar-refractivity contribution in [3.05, 3.63) is 35.5 Å². The summed E-state index contributed by atoms with van der Waals surface area (Å²) in [5.74, 6) is -1.04. The Kier molecular flexibility index (Phi) is 3.85. The molecule has 0 radical (unpaired) electrons. The summed E-state index contributed by atoms with van der Waals surface area (Å²) in [4.78, 5) is 30.8. The Bertz CT molecular complexity index is 714. The van der Waals surface area contributed by atoms with E-state index >= 15 is 0 Å². The number of nitrogens with zero attached hydrogens (tertiary/aromatic N) is 2. The van der Waals surface area contributed by atoms with Crippen molar-refractivity contribution in [2.75, 3.05) is 33.2 Å². The van der Waals surface area contributed by atoms with Crippen LogP contribution in [0.15, 0.2) is 24.3 Å². The van der Waals surface area contributed by atoms with Crippen LogP contribution in [0.5, 0.6) is 0 Å². The second-order valence-corrected chi connectivity index (χ2v) is 5.69. The first-order valence-corrected chi connectivity index (χ1v) is 7.35. The van der Waals surface area contributed by atoms with Gasteiger partial charge >= 0.3 is 5.97 Å². The zero-order chi connectivity index (χ0) is 15.7. The SMILES string of the molecule is CN1CCN(C(=O)Cc2c(C(=O)O)[nH]c3ccccc23)CC1. The average Bonchev–Trinajstić information content (AvgIpc) is 2.87. The molecule has 2 N–H and O–H groups in total. The Balaban J connectivity index is 1.88. The summed E-state index contributed by atoms with van der Waals surface area (Å²) in [6, 6.07) is 7.37. The molecule has 1 aliphatic rings. The molecule has 0 aliphatic carbocycles. The van der Waals surface area contributed by atoms with Gasteiger partial charge < -0.3 is 19.9 Å². The Hall–Kier alpha value is -2.34. The lowest BCUT2D eigenvalue weighted by molar-refractivity contribution is -0.132. The van der Waals surface area contributed by atoms with E-state index in [-0.39, 0.29) is 18.0 Å². The molecule has 1 saturated heterocycles. The van der Waals surface area contributed by atoms with Crippen LogP contribution in [0.2, 0.25) is 0 Å². The third kappa shape index (κ3) is 2.69. The van der Waals surface area contributed by atoms with Crippen molar-refractivity contribution in [3.63, 3.8) is 0 Å². The van der Waals surface area contributed by atoms with Crippen molar-refractivity contribution >= 4 is 22.8 Å². The number of aromatic nitrogens is 1. The largest absolute Gasteiger partial charge is 0.477 e. The molecule has 0 spiro atoms. The van der Waals surface area contributed by atoms with Crippen LogP contribution in [0.1, 0.15) is 16.1 Å². The fraction of sp³-hybridized carbons (Fsp3) is 0.375. The van der Waals surface area contributed by atoms with E-state index < -0.39 is 5.97 Å². The fourth-order valence-corrected chi connectivity index (χ4v) is 2.89. The van der Waals surface area contributed by atoms with Crippen LogP contribution in [0.25, 0.3) is 10.9 Å². The molecule has 1 aromatic heterocycles. The van der Waals surface area contributed by atoms with Crippen molar-refractivity contribution in [3.8, 4) is 0 Å². The lowest BCUT2D eigenvalue weighted by Gasteiger charge is -2.32. The van der Waals surface area contributed by atoms with E-state index in [0.29, 0.717) is 18.7 Å². The number of carboxylic acids is 1. The first-order valence-electron chi connectivity index (χ1n) is 7.35. The highest BCUT2D eigenvalue weighted by molar-refractivity contribution is 6.00. The van der Waals surface area contributed by atoms with E-state index in [2.05, 4.69) is 9.88 Å². The molecule has 6 nitrogen and oxygen atoms in total. The van der Waals surface area contributed by atoms with Crippen LogP contribution < -0.4 is 0 Å². The number of carbonyl (C=O) groups excluding carboxylic acids is 1. The number of fused-ring (bicyclic) bond motifs is 1. The number of carbonyl (C=O) groups is 2. The van der Waals surface area contributed by atoms with Crippen LogP contribution in [0, 0.1) is 0 Å². The second-order valence-electron chi connectivity index (χ2n) is 5.69. The van der Waals surface area contributed by atoms with E-state index in [1.54, 1.807) is 0 Å². The number of hydrogen-bond donors (Lipinski definition) is 2. The minimum absolute atomic E-state index is 0.0136. The van der Waals surface area contributed by atoms with Crippen LogP contribution in [-0.4, -0.2) is 65.0 Å². The van der Waals surface area contributed by atoms with E-state index in [1.165, 1.54) is 0 Å². The third-order valence-electron chi connectivity index (χ3n) is 4.21. The van der Waals surface area contributed by atoms with Gasteiger partial charge in [0.05, 0.1) is 6.42 Å². The first-order chi connectivity index (χ1) is 10.6. The summed E-state index contributed by atoms with van der Waals surface area (Å²) in [6.45, 7) is 3.09. The smallest absolute Gasteiger partial charge is 0.352 e. The number of hydrogen-bond acceptors (Lipinski definition) is 3. The maximum absolute atomic E-state index is 12.5. The summed E-state index contributed by atoms with van der Waals surface area (Å²) in [5, 5.41) is 10.2. The summed E-state index contributed by atoms with van der Waals surface area (Å²) < 4.78 is 0. The molecule has 6 heteroatoms. The van der Waals surface area contributed by atoms with Crippen LogP contribution >= 0.6 is 0 Å². The van der Waals surface area contributed by atoms with Gasteiger partial charge in [-0.1, -0.05) is 18.2 Å². The van der Waals surface area contributed by atoms with Gasteiger partial charge in [-0.05, 0) is 13.1 Å². The van der Waals surface area contributed by atoms with E-state index in [4.69, 9.17) is 0 Å². The molecule has 0 bridgehead atoms. The van der Waals surface area contributed by atoms with Crippen molar-refractivity contribution in [1.29, 1.82) is 0 Å². The first kappa shape index (κ1) is 14.6. The van der Waals surface area contributed by atoms with Gasteiger partial charge in [0.25, 0.3) is 0 Å². The maximum atomic E-state index is 12.5. The summed E-state index contributed by atoms with van der Waals surface area (Å²) in [6.07, 6.45) is 0.120. The summed E-state index contributed by atoms with van der Waals surface area (Å²) in [7, 11) is 2.03. The molecular formula is C16H19N3O3. The van der Waals surface area contributed by atoms with Gasteiger partial charge in [-0.2, -0.15) is 0 Å². The molecule has 116 valence electrons. The number of para-hydroxylation sites is 1. The Morgan fingerprint density at radius 2 is 1.86 bits per heavy atom. The minimum Gasteiger partial charge on any atom is -0.477 e. The molecule has 0 unspecified atom stereocenters. The van der Waals surface area contributed by atoms with Gasteiger partial charge in [-0.25, -0.2) is 4.79 Å². The summed E-state index contributed by atoms with van der Waals surface area (Å²) >= 11 is 0. The topological polar surface area (TPSA) is 76.6 Å². The van der Waals surface area contributed by atoms with E-state index in [0.717, 1.165) is 24.0 Å². The maximum Gasteiger partial charge on any atom is 0.352 e. The molecule has 0 saturated carbocycles. The number of aromatic carboxylic acids is 1. The van der Waals surface area contributed by atoms with Gasteiger partial charge in [0.2, 0.25) is 5.91 Å². The number of piperazine rings is 1. The van der Waals surface area contributed by atoms with Gasteiger partial charge in [0.15, 0.2) is 0 Å². The molecule has 3 rings (SSSR count). The highest BCUT2D eigenvalue weighted by Gasteiger charge is 2.23. The van der Waals surface area contributed by atoms with Gasteiger partial charge in [-0.15, -0.1) is 0 Å². The second kappa shape index (κ2) is 5.81. The van der Waals surface area contributed by atoms with Crippen molar-refractivity contribution in [2.24, 2.45) is 0 Å². The molecular weight excluding hydrogens is 282 g/mol. The molecule has 2 aromatic rings. The number of nitrogens with one attached hydrogen (secondary N) is 1. The van der Waals surface area contributed by atoms with Crippen molar-refractivity contribution in [1.82, 2.24) is 14.8 Å². The average molecular weight is 301 g/mol. The van der Waals surface area contributed by atoms with E-state index in [9.17, 15) is 14.7 Å². The zero-order valence-corrected chi connectivity index (χ0v) is 12.5. The van der Waals surface area contributed by atoms with Gasteiger partial charge in [0, 0.05) is 42.6 Å². The number of aromatic amines is 1. The molecule has 2 heterocycles. The molecule has 1 aliphatic heterocycles. The number of H-pyrrole nitrogens is 1. The predicted octanol–water partition coefficient (Wildman–Crippen LogP) is 1.18. The van der Waals surface area contributed by atoms with Crippen molar-refractivity contribution in [2.45, 2.75) is 6.42 Å². The van der Waals surface area contributed by atoms with Crippen LogP contribution in [-0.2, 0) is 11.2 Å². The highest BCUT2D eigenvalue weighted by Crippen LogP contribution is 2.23. The number of amides is 1. The van der Waals surface area contributed by atoms with E-state index in [1.807, 2.05) is 36.2 Å². The van der Waals surface area contributed by atoms with Crippen LogP contribution in [0.3, 0.4) is 0 Å². The van der Waals surface area contributed by atoms with Crippen molar-refractivity contribution < 1.29 is 14.7 Å². The lowest BCUT2D eigenvalue weighted by atomic mass is 10.1. The monoisotopic (exact) mass is 301 g/mol. The van der Waals surface area contributed by atoms with Gasteiger partial charge in [0.1, 0.15) is 5.69 Å². The lowest BCUT2D eigenvalue weighted by Crippen LogP contribution is -2.47. The Morgan fingerprint density at radius 1 is 1.18 bits per heavy atom. The normalized spacial score (nSPS) is 16.1. The molecule has 1 amide bonds. The van der Waals surface area contributed by atoms with Crippen LogP contribution in [0.4, 0.5) is 0 Å². The highest BCUT2D eigenvalue weighted by atomic mass is 16.4. The molecule has 1 fully saturated rings. The Morgan fingerprint density at radius 3 is 2.55 bits per heavy atom. The molecule has 1 aromatic carbocycles. The zero-order valence-electron chi connectivity index (χ0n) is 12.5. The summed E-state index contributed by atoms with van der Waals surface area (Å²) in [5.41, 5.74) is 1.44. The number of likely N-dealkylation sites (N-methyl/N-ethyl adjacent to an activating group) is 1. The molecule has 0 atom stereocenters. The number of carboxylic acid groups (broad SMARTS) is 1. The standard InChI is InChI=1S/C16H19N3O3/c1-18-6-8-19(9-7-18)14(20)10-12-11-4-2-3-5-13(11)17-15(12)16(21)22/h2-5,17H,6-10H2,1H3,(H,21,22).